The molecule has 98 valence electrons. The lowest BCUT2D eigenvalue weighted by atomic mass is 9.83. The van der Waals surface area contributed by atoms with Crippen LogP contribution < -0.4 is 5.32 Å². The summed E-state index contributed by atoms with van der Waals surface area (Å²) in [4.78, 5) is 0. The molecule has 0 aliphatic carbocycles. The van der Waals surface area contributed by atoms with E-state index in [1.165, 1.54) is 5.57 Å². The van der Waals surface area contributed by atoms with E-state index in [9.17, 15) is 8.42 Å². The summed E-state index contributed by atoms with van der Waals surface area (Å²) in [5.74, 6) is 0. The van der Waals surface area contributed by atoms with Crippen molar-refractivity contribution in [2.75, 3.05) is 26.2 Å². The maximum absolute atomic E-state index is 12.2. The largest absolute Gasteiger partial charge is 0.314 e. The molecule has 0 atom stereocenters. The molecule has 2 rings (SSSR count). The zero-order valence-electron chi connectivity index (χ0n) is 10.9. The molecular formula is C12H22N2O2S. The van der Waals surface area contributed by atoms with Crippen LogP contribution in [0.4, 0.5) is 0 Å². The molecule has 2 aliphatic rings. The average Bonchev–Trinajstić information content (AvgIpc) is 2.13. The van der Waals surface area contributed by atoms with Gasteiger partial charge < -0.3 is 5.32 Å². The van der Waals surface area contributed by atoms with E-state index in [0.717, 1.165) is 6.42 Å². The minimum Gasteiger partial charge on any atom is -0.314 e. The molecular weight excluding hydrogens is 236 g/mol. The summed E-state index contributed by atoms with van der Waals surface area (Å²) >= 11 is 0. The molecule has 4 nitrogen and oxygen atoms in total. The molecule has 0 bridgehead atoms. The van der Waals surface area contributed by atoms with Crippen molar-refractivity contribution >= 4 is 10.0 Å². The Balaban J connectivity index is 2.06. The maximum atomic E-state index is 12.2. The monoisotopic (exact) mass is 258 g/mol. The zero-order chi connectivity index (χ0) is 12.7. The Kier molecular flexibility index (Phi) is 3.36. The van der Waals surface area contributed by atoms with Crippen molar-refractivity contribution in [2.24, 2.45) is 5.41 Å². The summed E-state index contributed by atoms with van der Waals surface area (Å²) in [5.41, 5.74) is 1.53. The first-order valence-electron chi connectivity index (χ1n) is 6.21. The van der Waals surface area contributed by atoms with E-state index in [4.69, 9.17) is 0 Å². The first kappa shape index (κ1) is 13.1. The van der Waals surface area contributed by atoms with Gasteiger partial charge in [-0.2, -0.15) is 4.31 Å². The molecule has 1 N–H and O–H groups in total. The Morgan fingerprint density at radius 2 is 2.00 bits per heavy atom. The van der Waals surface area contributed by atoms with E-state index < -0.39 is 10.0 Å². The average molecular weight is 258 g/mol. The maximum Gasteiger partial charge on any atom is 0.219 e. The molecule has 2 heterocycles. The standard InChI is InChI=1S/C12H22N2O2S/c1-12(2,3)10-4-6-14(7-5-10)17(15,16)11-8-13-9-11/h4,11,13H,5-9H2,1-3H3. The van der Waals surface area contributed by atoms with Gasteiger partial charge in [0.25, 0.3) is 0 Å². The van der Waals surface area contributed by atoms with Gasteiger partial charge in [-0.15, -0.1) is 0 Å². The molecule has 1 saturated heterocycles. The van der Waals surface area contributed by atoms with Crippen molar-refractivity contribution in [1.82, 2.24) is 9.62 Å². The molecule has 0 aromatic carbocycles. The third kappa shape index (κ3) is 2.56. The van der Waals surface area contributed by atoms with Crippen molar-refractivity contribution in [2.45, 2.75) is 32.4 Å². The third-order valence-electron chi connectivity index (χ3n) is 3.66. The molecule has 17 heavy (non-hydrogen) atoms. The fraction of sp³-hybridized carbons (Fsp3) is 0.833. The van der Waals surface area contributed by atoms with Crippen LogP contribution in [0.5, 0.6) is 0 Å². The summed E-state index contributed by atoms with van der Waals surface area (Å²) in [6, 6.07) is 0. The highest BCUT2D eigenvalue weighted by Gasteiger charge is 2.37. The molecule has 5 heteroatoms. The van der Waals surface area contributed by atoms with Gasteiger partial charge in [0.1, 0.15) is 5.25 Å². The molecule has 2 aliphatic heterocycles. The summed E-state index contributed by atoms with van der Waals surface area (Å²) < 4.78 is 26.0. The van der Waals surface area contributed by atoms with Gasteiger partial charge in [0, 0.05) is 26.2 Å². The Morgan fingerprint density at radius 3 is 2.35 bits per heavy atom. The normalized spacial score (nSPS) is 24.3. The van der Waals surface area contributed by atoms with Crippen LogP contribution >= 0.6 is 0 Å². The van der Waals surface area contributed by atoms with Crippen LogP contribution in [0.1, 0.15) is 27.2 Å². The van der Waals surface area contributed by atoms with Crippen LogP contribution in [0.15, 0.2) is 11.6 Å². The van der Waals surface area contributed by atoms with Crippen molar-refractivity contribution in [3.8, 4) is 0 Å². The summed E-state index contributed by atoms with van der Waals surface area (Å²) in [5, 5.41) is 2.82. The molecule has 1 fully saturated rings. The predicted molar refractivity (Wildman–Crippen MR) is 69.3 cm³/mol. The van der Waals surface area contributed by atoms with Crippen LogP contribution in [-0.2, 0) is 10.0 Å². The summed E-state index contributed by atoms with van der Waals surface area (Å²) in [7, 11) is -3.07. The molecule has 0 aromatic heterocycles. The smallest absolute Gasteiger partial charge is 0.219 e. The summed E-state index contributed by atoms with van der Waals surface area (Å²) in [6.07, 6.45) is 2.95. The Morgan fingerprint density at radius 1 is 1.35 bits per heavy atom. The minimum atomic E-state index is -3.07. The number of hydrogen-bond donors (Lipinski definition) is 1. The van der Waals surface area contributed by atoms with E-state index in [1.54, 1.807) is 4.31 Å². The minimum absolute atomic E-state index is 0.161. The second-order valence-electron chi connectivity index (χ2n) is 5.91. The Bertz CT molecular complexity index is 416. The molecule has 0 amide bonds. The lowest BCUT2D eigenvalue weighted by Crippen LogP contribution is -2.56. The second-order valence-corrected chi connectivity index (χ2v) is 8.13. The van der Waals surface area contributed by atoms with Gasteiger partial charge in [0.05, 0.1) is 0 Å². The molecule has 0 spiro atoms. The van der Waals surface area contributed by atoms with Gasteiger partial charge in [-0.3, -0.25) is 0 Å². The van der Waals surface area contributed by atoms with Crippen LogP contribution in [0, 0.1) is 5.41 Å². The lowest BCUT2D eigenvalue weighted by Gasteiger charge is -2.36. The van der Waals surface area contributed by atoms with Gasteiger partial charge >= 0.3 is 0 Å². The van der Waals surface area contributed by atoms with E-state index >= 15 is 0 Å². The highest BCUT2D eigenvalue weighted by Crippen LogP contribution is 2.31. The van der Waals surface area contributed by atoms with Gasteiger partial charge in [-0.25, -0.2) is 8.42 Å². The van der Waals surface area contributed by atoms with E-state index in [-0.39, 0.29) is 10.7 Å². The Labute approximate surface area is 104 Å². The van der Waals surface area contributed by atoms with E-state index in [2.05, 4.69) is 32.2 Å². The fourth-order valence-corrected chi connectivity index (χ4v) is 3.95. The van der Waals surface area contributed by atoms with Crippen LogP contribution in [0.25, 0.3) is 0 Å². The molecule has 0 radical (unpaired) electrons. The van der Waals surface area contributed by atoms with Crippen LogP contribution in [-0.4, -0.2) is 44.2 Å². The zero-order valence-corrected chi connectivity index (χ0v) is 11.7. The van der Waals surface area contributed by atoms with Gasteiger partial charge in [0.15, 0.2) is 0 Å². The van der Waals surface area contributed by atoms with Crippen molar-refractivity contribution < 1.29 is 8.42 Å². The second kappa shape index (κ2) is 4.37. The predicted octanol–water partition coefficient (Wildman–Crippen LogP) is 0.966. The van der Waals surface area contributed by atoms with Crippen LogP contribution in [0.3, 0.4) is 0 Å². The Hall–Kier alpha value is -0.390. The van der Waals surface area contributed by atoms with E-state index in [1.807, 2.05) is 0 Å². The van der Waals surface area contributed by atoms with Gasteiger partial charge in [-0.05, 0) is 11.8 Å². The first-order valence-corrected chi connectivity index (χ1v) is 7.71. The fourth-order valence-electron chi connectivity index (χ4n) is 2.25. The quantitative estimate of drug-likeness (QED) is 0.751. The SMILES string of the molecule is CC(C)(C)C1=CCN(S(=O)(=O)C2CNC2)CC1. The van der Waals surface area contributed by atoms with E-state index in [0.29, 0.717) is 26.2 Å². The first-order chi connectivity index (χ1) is 7.82. The number of sulfonamides is 1. The number of hydrogen-bond acceptors (Lipinski definition) is 3. The molecule has 0 saturated carbocycles. The van der Waals surface area contributed by atoms with Crippen molar-refractivity contribution in [3.05, 3.63) is 11.6 Å². The number of nitrogens with one attached hydrogen (secondary N) is 1. The third-order valence-corrected chi connectivity index (χ3v) is 5.89. The highest BCUT2D eigenvalue weighted by molar-refractivity contribution is 7.89. The number of rotatable bonds is 2. The van der Waals surface area contributed by atoms with Gasteiger partial charge in [0.2, 0.25) is 10.0 Å². The van der Waals surface area contributed by atoms with Gasteiger partial charge in [-0.1, -0.05) is 32.4 Å². The molecule has 0 aromatic rings. The van der Waals surface area contributed by atoms with Crippen molar-refractivity contribution in [3.63, 3.8) is 0 Å². The lowest BCUT2D eigenvalue weighted by molar-refractivity contribution is 0.374. The highest BCUT2D eigenvalue weighted by atomic mass is 32.2. The van der Waals surface area contributed by atoms with Crippen molar-refractivity contribution in [1.29, 1.82) is 0 Å². The topological polar surface area (TPSA) is 49.4 Å². The summed E-state index contributed by atoms with van der Waals surface area (Å²) in [6.45, 7) is 8.94. The molecule has 0 unspecified atom stereocenters. The van der Waals surface area contributed by atoms with Crippen LogP contribution in [0.2, 0.25) is 0 Å². The number of nitrogens with zero attached hydrogens (tertiary/aromatic N) is 1.